The Labute approximate surface area is 184 Å². The van der Waals surface area contributed by atoms with E-state index in [1.165, 1.54) is 44.4 Å². The maximum Gasteiger partial charge on any atom is 0.341 e. The number of benzene rings is 1. The molecule has 0 radical (unpaired) electrons. The molecule has 0 atom stereocenters. The number of primary amides is 1. The zero-order valence-corrected chi connectivity index (χ0v) is 17.7. The molecule has 0 aliphatic heterocycles. The van der Waals surface area contributed by atoms with E-state index in [2.05, 4.69) is 5.32 Å². The average molecular weight is 459 g/mol. The van der Waals surface area contributed by atoms with E-state index in [1.807, 2.05) is 0 Å². The van der Waals surface area contributed by atoms with Crippen LogP contribution in [0.2, 0.25) is 0 Å². The molecule has 32 heavy (non-hydrogen) atoms. The van der Waals surface area contributed by atoms with Gasteiger partial charge in [-0.3, -0.25) is 19.7 Å². The number of hydrogen-bond acceptors (Lipinski definition) is 9. The van der Waals surface area contributed by atoms with Crippen LogP contribution in [0.3, 0.4) is 0 Å². The highest BCUT2D eigenvalue weighted by Gasteiger charge is 2.26. The first-order valence-electron chi connectivity index (χ1n) is 9.00. The summed E-state index contributed by atoms with van der Waals surface area (Å²) >= 11 is 0.842. The van der Waals surface area contributed by atoms with Gasteiger partial charge in [0.15, 0.2) is 11.5 Å². The molecule has 0 aliphatic rings. The van der Waals surface area contributed by atoms with Gasteiger partial charge in [-0.1, -0.05) is 12.1 Å². The van der Waals surface area contributed by atoms with Crippen LogP contribution in [0.5, 0.6) is 5.75 Å². The number of rotatable bonds is 8. The Hall–Kier alpha value is -4.19. The number of nitro benzene ring substituents is 1. The van der Waals surface area contributed by atoms with Gasteiger partial charge in [-0.15, -0.1) is 11.3 Å². The van der Waals surface area contributed by atoms with Gasteiger partial charge in [-0.2, -0.15) is 0 Å². The number of methoxy groups -OCH3 is 1. The number of anilines is 1. The molecule has 166 valence electrons. The van der Waals surface area contributed by atoms with E-state index < -0.39 is 22.7 Å². The highest BCUT2D eigenvalue weighted by atomic mass is 32.1. The van der Waals surface area contributed by atoms with Gasteiger partial charge in [0.2, 0.25) is 0 Å². The Morgan fingerprint density at radius 1 is 1.22 bits per heavy atom. The molecule has 0 aliphatic carbocycles. The predicted molar refractivity (Wildman–Crippen MR) is 113 cm³/mol. The van der Waals surface area contributed by atoms with Crippen LogP contribution < -0.4 is 15.8 Å². The summed E-state index contributed by atoms with van der Waals surface area (Å²) in [5.41, 5.74) is 5.44. The first-order chi connectivity index (χ1) is 15.2. The number of nitro groups is 1. The lowest BCUT2D eigenvalue weighted by molar-refractivity contribution is -0.386. The van der Waals surface area contributed by atoms with Gasteiger partial charge >= 0.3 is 11.7 Å². The van der Waals surface area contributed by atoms with Crippen molar-refractivity contribution in [3.63, 3.8) is 0 Å². The Balaban J connectivity index is 1.76. The smallest absolute Gasteiger partial charge is 0.341 e. The van der Waals surface area contributed by atoms with Crippen LogP contribution in [0, 0.1) is 17.0 Å². The van der Waals surface area contributed by atoms with Crippen LogP contribution >= 0.6 is 11.3 Å². The first-order valence-corrected chi connectivity index (χ1v) is 9.82. The van der Waals surface area contributed by atoms with Gasteiger partial charge in [-0.25, -0.2) is 4.79 Å². The monoisotopic (exact) mass is 459 g/mol. The molecular formula is C20H17N3O8S. The largest absolute Gasteiger partial charge is 0.479 e. The van der Waals surface area contributed by atoms with Crippen molar-refractivity contribution in [2.24, 2.45) is 5.73 Å². The van der Waals surface area contributed by atoms with Gasteiger partial charge < -0.3 is 24.9 Å². The predicted octanol–water partition coefficient (Wildman–Crippen LogP) is 3.27. The third-order valence-corrected chi connectivity index (χ3v) is 5.53. The summed E-state index contributed by atoms with van der Waals surface area (Å²) in [7, 11) is 1.17. The number of thiophene rings is 1. The molecule has 3 aromatic rings. The third kappa shape index (κ3) is 4.59. The van der Waals surface area contributed by atoms with Crippen LogP contribution in [0.25, 0.3) is 0 Å². The highest BCUT2D eigenvalue weighted by molar-refractivity contribution is 7.18. The zero-order valence-electron chi connectivity index (χ0n) is 16.9. The molecular weight excluding hydrogens is 442 g/mol. The summed E-state index contributed by atoms with van der Waals surface area (Å²) in [4.78, 5) is 46.9. The minimum Gasteiger partial charge on any atom is -0.479 e. The van der Waals surface area contributed by atoms with Crippen LogP contribution in [0.4, 0.5) is 10.7 Å². The number of amides is 2. The van der Waals surface area contributed by atoms with E-state index in [-0.39, 0.29) is 45.0 Å². The summed E-state index contributed by atoms with van der Waals surface area (Å²) in [6.45, 7) is 1.36. The second-order valence-electron chi connectivity index (χ2n) is 6.35. The molecule has 1 aromatic carbocycles. The Bertz CT molecular complexity index is 1210. The van der Waals surface area contributed by atoms with Gasteiger partial charge in [0, 0.05) is 6.07 Å². The van der Waals surface area contributed by atoms with E-state index in [9.17, 15) is 24.5 Å². The van der Waals surface area contributed by atoms with Crippen molar-refractivity contribution in [2.45, 2.75) is 13.5 Å². The minimum absolute atomic E-state index is 0.0196. The van der Waals surface area contributed by atoms with Crippen molar-refractivity contribution in [3.8, 4) is 5.75 Å². The molecule has 0 saturated carbocycles. The minimum atomic E-state index is -0.745. The number of carbonyl (C=O) groups is 3. The summed E-state index contributed by atoms with van der Waals surface area (Å²) in [6, 6.07) is 8.70. The zero-order chi connectivity index (χ0) is 23.4. The molecule has 2 amide bonds. The molecule has 0 spiro atoms. The molecule has 0 bridgehead atoms. The molecule has 11 nitrogen and oxygen atoms in total. The fraction of sp³-hybridized carbons (Fsp3) is 0.150. The summed E-state index contributed by atoms with van der Waals surface area (Å²) in [5.74, 6) is -1.99. The van der Waals surface area contributed by atoms with E-state index >= 15 is 0 Å². The lowest BCUT2D eigenvalue weighted by atomic mass is 10.1. The van der Waals surface area contributed by atoms with Crippen LogP contribution in [-0.4, -0.2) is 29.8 Å². The van der Waals surface area contributed by atoms with Crippen molar-refractivity contribution in [1.82, 2.24) is 0 Å². The number of para-hydroxylation sites is 2. The maximum atomic E-state index is 12.6. The Morgan fingerprint density at radius 3 is 2.59 bits per heavy atom. The molecule has 0 saturated heterocycles. The molecule has 2 aromatic heterocycles. The topological polar surface area (TPSA) is 164 Å². The average Bonchev–Trinajstić information content (AvgIpc) is 3.36. The lowest BCUT2D eigenvalue weighted by Gasteiger charge is -2.05. The second-order valence-corrected chi connectivity index (χ2v) is 7.37. The molecule has 3 rings (SSSR count). The fourth-order valence-electron chi connectivity index (χ4n) is 2.81. The van der Waals surface area contributed by atoms with Gasteiger partial charge in [0.1, 0.15) is 17.4 Å². The van der Waals surface area contributed by atoms with Crippen LogP contribution in [0.1, 0.15) is 41.9 Å². The molecule has 12 heteroatoms. The van der Waals surface area contributed by atoms with E-state index in [0.717, 1.165) is 11.3 Å². The molecule has 0 fully saturated rings. The summed E-state index contributed by atoms with van der Waals surface area (Å²) in [6.07, 6.45) is 0. The van der Waals surface area contributed by atoms with Gasteiger partial charge in [-0.05, 0) is 30.7 Å². The SMILES string of the molecule is COC(=O)c1c(NC(=O)c2ccc(COc3ccccc3[N+](=O)[O-])o2)sc(C(N)=O)c1C. The van der Waals surface area contributed by atoms with Crippen molar-refractivity contribution in [2.75, 3.05) is 12.4 Å². The standard InChI is InChI=1S/C20H17N3O8S/c1-10-15(20(26)29-2)19(32-16(10)17(21)24)22-18(25)14-8-7-11(31-14)9-30-13-6-4-3-5-12(13)23(27)28/h3-8H,9H2,1-2H3,(H2,21,24)(H,22,25). The number of carbonyl (C=O) groups excluding carboxylic acids is 3. The summed E-state index contributed by atoms with van der Waals surface area (Å²) < 4.78 is 15.6. The Kier molecular flexibility index (Phi) is 6.54. The van der Waals surface area contributed by atoms with E-state index in [0.29, 0.717) is 5.56 Å². The lowest BCUT2D eigenvalue weighted by Crippen LogP contribution is -2.14. The van der Waals surface area contributed by atoms with Gasteiger partial charge in [0.05, 0.1) is 22.5 Å². The number of ether oxygens (including phenoxy) is 2. The number of furan rings is 1. The second kappa shape index (κ2) is 9.31. The number of hydrogen-bond donors (Lipinski definition) is 2. The quantitative estimate of drug-likeness (QED) is 0.294. The summed E-state index contributed by atoms with van der Waals surface area (Å²) in [5, 5.41) is 13.7. The fourth-order valence-corrected chi connectivity index (χ4v) is 3.85. The normalized spacial score (nSPS) is 10.4. The van der Waals surface area contributed by atoms with Crippen molar-refractivity contribution < 1.29 is 33.2 Å². The van der Waals surface area contributed by atoms with E-state index in [1.54, 1.807) is 6.07 Å². The van der Waals surface area contributed by atoms with Crippen molar-refractivity contribution in [1.29, 1.82) is 0 Å². The Morgan fingerprint density at radius 2 is 1.94 bits per heavy atom. The number of nitrogens with one attached hydrogen (secondary N) is 1. The third-order valence-electron chi connectivity index (χ3n) is 4.30. The molecule has 3 N–H and O–H groups in total. The van der Waals surface area contributed by atoms with Crippen molar-refractivity contribution in [3.05, 3.63) is 74.0 Å². The highest BCUT2D eigenvalue weighted by Crippen LogP contribution is 2.34. The van der Waals surface area contributed by atoms with Crippen LogP contribution in [0.15, 0.2) is 40.8 Å². The number of esters is 1. The van der Waals surface area contributed by atoms with Gasteiger partial charge in [0.25, 0.3) is 11.8 Å². The number of nitrogens with two attached hydrogens (primary N) is 1. The molecule has 0 unspecified atom stereocenters. The first kappa shape index (κ1) is 22.5. The maximum absolute atomic E-state index is 12.6. The molecule has 2 heterocycles. The number of nitrogens with zero attached hydrogens (tertiary/aromatic N) is 1. The van der Waals surface area contributed by atoms with E-state index in [4.69, 9.17) is 19.6 Å². The van der Waals surface area contributed by atoms with Crippen LogP contribution in [-0.2, 0) is 11.3 Å². The van der Waals surface area contributed by atoms with Crippen molar-refractivity contribution >= 4 is 39.8 Å².